The van der Waals surface area contributed by atoms with Crippen molar-refractivity contribution in [2.45, 2.75) is 18.2 Å². The summed E-state index contributed by atoms with van der Waals surface area (Å²) in [7, 11) is -3.75. The van der Waals surface area contributed by atoms with Gasteiger partial charge in [-0.1, -0.05) is 11.6 Å². The van der Waals surface area contributed by atoms with Crippen molar-refractivity contribution >= 4 is 33.0 Å². The SMILES string of the molecule is Cc1ncsc1CCOc1ccc(S(N)(=O)=O)cc1Cl. The van der Waals surface area contributed by atoms with E-state index in [-0.39, 0.29) is 9.92 Å². The van der Waals surface area contributed by atoms with Gasteiger partial charge in [-0.25, -0.2) is 18.5 Å². The Labute approximate surface area is 126 Å². The number of sulfonamides is 1. The molecule has 20 heavy (non-hydrogen) atoms. The molecule has 2 aromatic rings. The van der Waals surface area contributed by atoms with Gasteiger partial charge in [-0.15, -0.1) is 11.3 Å². The molecule has 1 aromatic heterocycles. The second-order valence-corrected chi connectivity index (χ2v) is 7.00. The van der Waals surface area contributed by atoms with Crippen LogP contribution < -0.4 is 9.88 Å². The summed E-state index contributed by atoms with van der Waals surface area (Å²) in [5, 5.41) is 5.24. The Morgan fingerprint density at radius 3 is 2.75 bits per heavy atom. The van der Waals surface area contributed by atoms with E-state index in [9.17, 15) is 8.42 Å². The van der Waals surface area contributed by atoms with Gasteiger partial charge in [0.15, 0.2) is 0 Å². The number of rotatable bonds is 5. The largest absolute Gasteiger partial charge is 0.492 e. The van der Waals surface area contributed by atoms with Crippen molar-refractivity contribution in [3.63, 3.8) is 0 Å². The van der Waals surface area contributed by atoms with Gasteiger partial charge in [0.2, 0.25) is 10.0 Å². The predicted molar refractivity (Wildman–Crippen MR) is 78.9 cm³/mol. The number of ether oxygens (including phenoxy) is 1. The second kappa shape index (κ2) is 6.09. The number of halogens is 1. The van der Waals surface area contributed by atoms with E-state index in [1.54, 1.807) is 16.8 Å². The first-order chi connectivity index (χ1) is 9.38. The molecule has 0 spiro atoms. The van der Waals surface area contributed by atoms with Crippen LogP contribution in [0, 0.1) is 6.92 Å². The van der Waals surface area contributed by atoms with Gasteiger partial charge in [0.1, 0.15) is 5.75 Å². The Balaban J connectivity index is 2.02. The van der Waals surface area contributed by atoms with Crippen molar-refractivity contribution in [2.24, 2.45) is 5.14 Å². The van der Waals surface area contributed by atoms with Crippen molar-refractivity contribution in [1.82, 2.24) is 4.98 Å². The van der Waals surface area contributed by atoms with Crippen LogP contribution in [0.4, 0.5) is 0 Å². The van der Waals surface area contributed by atoms with Gasteiger partial charge in [-0.3, -0.25) is 0 Å². The van der Waals surface area contributed by atoms with Crippen LogP contribution in [0.15, 0.2) is 28.6 Å². The third kappa shape index (κ3) is 3.69. The molecule has 0 radical (unpaired) electrons. The van der Waals surface area contributed by atoms with E-state index in [0.717, 1.165) is 17.0 Å². The average molecular weight is 333 g/mol. The first-order valence-electron chi connectivity index (χ1n) is 5.72. The van der Waals surface area contributed by atoms with Crippen LogP contribution in [0.5, 0.6) is 5.75 Å². The van der Waals surface area contributed by atoms with E-state index in [4.69, 9.17) is 21.5 Å². The Morgan fingerprint density at radius 1 is 1.45 bits per heavy atom. The third-order valence-corrected chi connectivity index (χ3v) is 4.86. The Kier molecular flexibility index (Phi) is 4.64. The van der Waals surface area contributed by atoms with Crippen LogP contribution in [0.1, 0.15) is 10.6 Å². The second-order valence-electron chi connectivity index (χ2n) is 4.10. The van der Waals surface area contributed by atoms with Gasteiger partial charge < -0.3 is 4.74 Å². The van der Waals surface area contributed by atoms with Gasteiger partial charge in [-0.05, 0) is 25.1 Å². The molecular weight excluding hydrogens is 320 g/mol. The van der Waals surface area contributed by atoms with Crippen molar-refractivity contribution in [3.8, 4) is 5.75 Å². The summed E-state index contributed by atoms with van der Waals surface area (Å²) in [6.07, 6.45) is 0.726. The fourth-order valence-electron chi connectivity index (χ4n) is 1.60. The lowest BCUT2D eigenvalue weighted by Crippen LogP contribution is -2.12. The highest BCUT2D eigenvalue weighted by atomic mass is 35.5. The number of nitrogens with two attached hydrogens (primary N) is 1. The fourth-order valence-corrected chi connectivity index (χ4v) is 3.20. The minimum absolute atomic E-state index is 0.0341. The summed E-state index contributed by atoms with van der Waals surface area (Å²) in [6, 6.07) is 4.15. The molecule has 8 heteroatoms. The lowest BCUT2D eigenvalue weighted by atomic mass is 10.3. The van der Waals surface area contributed by atoms with Crippen LogP contribution >= 0.6 is 22.9 Å². The maximum Gasteiger partial charge on any atom is 0.238 e. The highest BCUT2D eigenvalue weighted by Crippen LogP contribution is 2.27. The molecule has 2 rings (SSSR count). The summed E-state index contributed by atoms with van der Waals surface area (Å²) >= 11 is 7.55. The third-order valence-electron chi connectivity index (χ3n) is 2.66. The molecule has 5 nitrogen and oxygen atoms in total. The molecule has 2 N–H and O–H groups in total. The smallest absolute Gasteiger partial charge is 0.238 e. The van der Waals surface area contributed by atoms with Crippen LogP contribution in [0.25, 0.3) is 0 Å². The van der Waals surface area contributed by atoms with Crippen molar-refractivity contribution in [3.05, 3.63) is 39.3 Å². The van der Waals surface area contributed by atoms with Crippen LogP contribution in [-0.2, 0) is 16.4 Å². The maximum atomic E-state index is 11.2. The summed E-state index contributed by atoms with van der Waals surface area (Å²) in [5.74, 6) is 0.432. The Morgan fingerprint density at radius 2 is 2.20 bits per heavy atom. The Bertz CT molecular complexity index is 713. The monoisotopic (exact) mass is 332 g/mol. The first kappa shape index (κ1) is 15.2. The number of hydrogen-bond acceptors (Lipinski definition) is 5. The van der Waals surface area contributed by atoms with E-state index in [1.807, 2.05) is 6.92 Å². The molecule has 0 amide bonds. The van der Waals surface area contributed by atoms with Crippen molar-refractivity contribution in [2.75, 3.05) is 6.61 Å². The molecule has 1 aromatic carbocycles. The molecule has 0 bridgehead atoms. The number of thiazole rings is 1. The number of aromatic nitrogens is 1. The number of aryl methyl sites for hydroxylation is 1. The van der Waals surface area contributed by atoms with Crippen molar-refractivity contribution in [1.29, 1.82) is 0 Å². The molecule has 0 atom stereocenters. The number of hydrogen-bond donors (Lipinski definition) is 1. The van der Waals surface area contributed by atoms with E-state index >= 15 is 0 Å². The summed E-state index contributed by atoms with van der Waals surface area (Å²) < 4.78 is 27.9. The molecule has 0 fully saturated rings. The molecule has 1 heterocycles. The lowest BCUT2D eigenvalue weighted by molar-refractivity contribution is 0.322. The number of benzene rings is 1. The van der Waals surface area contributed by atoms with E-state index in [0.29, 0.717) is 12.4 Å². The molecule has 0 saturated heterocycles. The molecule has 0 saturated carbocycles. The summed E-state index contributed by atoms with van der Waals surface area (Å²) in [6.45, 7) is 2.39. The minimum Gasteiger partial charge on any atom is -0.492 e. The fraction of sp³-hybridized carbons (Fsp3) is 0.250. The first-order valence-corrected chi connectivity index (χ1v) is 8.52. The minimum atomic E-state index is -3.75. The zero-order valence-corrected chi connectivity index (χ0v) is 13.1. The van der Waals surface area contributed by atoms with E-state index < -0.39 is 10.0 Å². The summed E-state index contributed by atoms with van der Waals surface area (Å²) in [4.78, 5) is 5.28. The highest BCUT2D eigenvalue weighted by Gasteiger charge is 2.11. The van der Waals surface area contributed by atoms with Gasteiger partial charge in [0.05, 0.1) is 27.7 Å². The van der Waals surface area contributed by atoms with Gasteiger partial charge >= 0.3 is 0 Å². The number of nitrogens with zero attached hydrogens (tertiary/aromatic N) is 1. The highest BCUT2D eigenvalue weighted by molar-refractivity contribution is 7.89. The lowest BCUT2D eigenvalue weighted by Gasteiger charge is -2.08. The zero-order chi connectivity index (χ0) is 14.8. The van der Waals surface area contributed by atoms with E-state index in [2.05, 4.69) is 4.98 Å². The van der Waals surface area contributed by atoms with Crippen LogP contribution in [0.3, 0.4) is 0 Å². The van der Waals surface area contributed by atoms with Gasteiger partial charge in [0.25, 0.3) is 0 Å². The normalized spacial score (nSPS) is 11.6. The molecular formula is C12H13ClN2O3S2. The van der Waals surface area contributed by atoms with E-state index in [1.165, 1.54) is 18.2 Å². The molecule has 0 aliphatic rings. The van der Waals surface area contributed by atoms with Gasteiger partial charge in [-0.2, -0.15) is 0 Å². The summed E-state index contributed by atoms with van der Waals surface area (Å²) in [5.41, 5.74) is 2.78. The molecule has 0 unspecified atom stereocenters. The number of primary sulfonamides is 1. The van der Waals surface area contributed by atoms with Crippen LogP contribution in [0.2, 0.25) is 5.02 Å². The Hall–Kier alpha value is -1.15. The van der Waals surface area contributed by atoms with Crippen molar-refractivity contribution < 1.29 is 13.2 Å². The molecule has 108 valence electrons. The zero-order valence-electron chi connectivity index (χ0n) is 10.7. The average Bonchev–Trinajstić information content (AvgIpc) is 2.76. The standard InChI is InChI=1S/C12H13ClN2O3S2/c1-8-12(19-7-15-8)4-5-18-11-3-2-9(6-10(11)13)20(14,16)17/h2-3,6-7H,4-5H2,1H3,(H2,14,16,17). The van der Waals surface area contributed by atoms with Crippen LogP contribution in [-0.4, -0.2) is 20.0 Å². The topological polar surface area (TPSA) is 82.3 Å². The molecule has 0 aliphatic carbocycles. The molecule has 0 aliphatic heterocycles. The quantitative estimate of drug-likeness (QED) is 0.911. The maximum absolute atomic E-state index is 11.2. The van der Waals surface area contributed by atoms with Gasteiger partial charge in [0, 0.05) is 11.3 Å². The predicted octanol–water partition coefficient (Wildman–Crippen LogP) is 2.37.